The number of carbonyl (C=O) groups excluding carboxylic acids is 1. The fraction of sp³-hybridized carbons (Fsp3) is 0.318. The lowest BCUT2D eigenvalue weighted by molar-refractivity contribution is 0.0992. The van der Waals surface area contributed by atoms with Crippen LogP contribution in [0.1, 0.15) is 47.3 Å². The molecule has 1 saturated carbocycles. The minimum Gasteiger partial charge on any atom is -0.309 e. The molecule has 0 bridgehead atoms. The molecule has 0 N–H and O–H groups in total. The van der Waals surface area contributed by atoms with Crippen LogP contribution >= 0.6 is 0 Å². The predicted octanol–water partition coefficient (Wildman–Crippen LogP) is 3.88. The van der Waals surface area contributed by atoms with Gasteiger partial charge in [0.1, 0.15) is 5.82 Å². The van der Waals surface area contributed by atoms with Crippen LogP contribution in [0.3, 0.4) is 0 Å². The van der Waals surface area contributed by atoms with E-state index in [9.17, 15) is 9.59 Å². The highest BCUT2D eigenvalue weighted by atomic mass is 16.2. The Labute approximate surface area is 158 Å². The number of benzene rings is 1. The minimum atomic E-state index is -0.106. The number of anilines is 1. The summed E-state index contributed by atoms with van der Waals surface area (Å²) < 4.78 is 1.77. The highest BCUT2D eigenvalue weighted by Gasteiger charge is 2.27. The van der Waals surface area contributed by atoms with Crippen molar-refractivity contribution in [3.63, 3.8) is 0 Å². The third-order valence-electron chi connectivity index (χ3n) is 5.25. The zero-order valence-corrected chi connectivity index (χ0v) is 15.9. The molecule has 0 aliphatic heterocycles. The summed E-state index contributed by atoms with van der Waals surface area (Å²) in [4.78, 5) is 31.5. The quantitative estimate of drug-likeness (QED) is 0.709. The summed E-state index contributed by atoms with van der Waals surface area (Å²) in [6.45, 7) is 4.48. The van der Waals surface area contributed by atoms with E-state index < -0.39 is 0 Å². The second kappa shape index (κ2) is 6.65. The van der Waals surface area contributed by atoms with Crippen molar-refractivity contribution in [2.75, 3.05) is 11.9 Å². The van der Waals surface area contributed by atoms with Gasteiger partial charge in [-0.3, -0.25) is 14.5 Å². The second-order valence-electron chi connectivity index (χ2n) is 7.19. The number of pyridine rings is 2. The van der Waals surface area contributed by atoms with Crippen molar-refractivity contribution in [3.05, 3.63) is 69.6 Å². The van der Waals surface area contributed by atoms with Gasteiger partial charge in [0, 0.05) is 36.3 Å². The maximum atomic E-state index is 13.0. The van der Waals surface area contributed by atoms with Gasteiger partial charge in [-0.05, 0) is 68.5 Å². The molecule has 2 heterocycles. The zero-order chi connectivity index (χ0) is 19.1. The van der Waals surface area contributed by atoms with Crippen LogP contribution in [-0.2, 0) is 6.54 Å². The average Bonchev–Trinajstić information content (AvgIpc) is 3.51. The Morgan fingerprint density at radius 1 is 1.22 bits per heavy atom. The van der Waals surface area contributed by atoms with Gasteiger partial charge in [0.2, 0.25) is 0 Å². The van der Waals surface area contributed by atoms with Gasteiger partial charge < -0.3 is 4.57 Å². The largest absolute Gasteiger partial charge is 0.309 e. The number of aromatic nitrogens is 2. The number of fused-ring (bicyclic) bond motifs is 1. The number of hydrogen-bond acceptors (Lipinski definition) is 3. The summed E-state index contributed by atoms with van der Waals surface area (Å²) in [6, 6.07) is 13.0. The Balaban J connectivity index is 1.81. The predicted molar refractivity (Wildman–Crippen MR) is 108 cm³/mol. The van der Waals surface area contributed by atoms with Crippen LogP contribution < -0.4 is 10.5 Å². The number of aryl methyl sites for hydroxylation is 2. The lowest BCUT2D eigenvalue weighted by Crippen LogP contribution is -2.27. The standard InChI is InChI=1S/C22H23N3O2/c1-4-25-19-11-10-16(12-18(19)17(13-21(25)26)15-8-9-15)22(27)24(3)20-7-5-6-14(2)23-20/h5-7,10-13,15H,4,8-9H2,1-3H3. The van der Waals surface area contributed by atoms with E-state index in [2.05, 4.69) is 4.98 Å². The fourth-order valence-corrected chi connectivity index (χ4v) is 3.61. The van der Waals surface area contributed by atoms with Crippen LogP contribution in [0.4, 0.5) is 5.82 Å². The molecule has 1 amide bonds. The van der Waals surface area contributed by atoms with Crippen LogP contribution in [0, 0.1) is 6.92 Å². The molecule has 1 aromatic carbocycles. The molecule has 1 aliphatic carbocycles. The Bertz CT molecular complexity index is 1100. The van der Waals surface area contributed by atoms with Crippen LogP contribution in [0.25, 0.3) is 10.9 Å². The molecule has 0 atom stereocenters. The molecule has 1 aliphatic rings. The van der Waals surface area contributed by atoms with E-state index >= 15 is 0 Å². The van der Waals surface area contributed by atoms with E-state index in [1.807, 2.05) is 44.2 Å². The first-order chi connectivity index (χ1) is 13.0. The van der Waals surface area contributed by atoms with Gasteiger partial charge in [-0.15, -0.1) is 0 Å². The van der Waals surface area contributed by atoms with Gasteiger partial charge in [-0.25, -0.2) is 4.98 Å². The molecule has 0 saturated heterocycles. The molecule has 1 fully saturated rings. The summed E-state index contributed by atoms with van der Waals surface area (Å²) in [5, 5.41) is 1.01. The molecule has 2 aromatic heterocycles. The summed E-state index contributed by atoms with van der Waals surface area (Å²) in [6.07, 6.45) is 2.21. The summed E-state index contributed by atoms with van der Waals surface area (Å²) in [5.74, 6) is 0.959. The molecule has 3 aromatic rings. The first-order valence-electron chi connectivity index (χ1n) is 9.39. The van der Waals surface area contributed by atoms with E-state index in [0.29, 0.717) is 23.8 Å². The van der Waals surface area contributed by atoms with Crippen molar-refractivity contribution in [2.24, 2.45) is 0 Å². The Morgan fingerprint density at radius 2 is 2.00 bits per heavy atom. The topological polar surface area (TPSA) is 55.2 Å². The molecule has 0 spiro atoms. The number of carbonyl (C=O) groups is 1. The van der Waals surface area contributed by atoms with E-state index in [1.165, 1.54) is 0 Å². The van der Waals surface area contributed by atoms with Gasteiger partial charge in [-0.2, -0.15) is 0 Å². The van der Waals surface area contributed by atoms with Crippen LogP contribution in [0.2, 0.25) is 0 Å². The third kappa shape index (κ3) is 3.14. The van der Waals surface area contributed by atoms with Gasteiger partial charge >= 0.3 is 0 Å². The van der Waals surface area contributed by atoms with Crippen molar-refractivity contribution in [1.82, 2.24) is 9.55 Å². The Kier molecular flexibility index (Phi) is 4.30. The third-order valence-corrected chi connectivity index (χ3v) is 5.25. The monoisotopic (exact) mass is 361 g/mol. The molecule has 0 unspecified atom stereocenters. The molecule has 4 rings (SSSR count). The Morgan fingerprint density at radius 3 is 2.67 bits per heavy atom. The van der Waals surface area contributed by atoms with Crippen LogP contribution in [-0.4, -0.2) is 22.5 Å². The summed E-state index contributed by atoms with van der Waals surface area (Å²) >= 11 is 0. The van der Waals surface area contributed by atoms with E-state index in [-0.39, 0.29) is 11.5 Å². The fourth-order valence-electron chi connectivity index (χ4n) is 3.61. The summed E-state index contributed by atoms with van der Waals surface area (Å²) in [7, 11) is 1.74. The van der Waals surface area contributed by atoms with E-state index in [4.69, 9.17) is 0 Å². The minimum absolute atomic E-state index is 0.0343. The molecular formula is C22H23N3O2. The van der Waals surface area contributed by atoms with Gasteiger partial charge in [0.25, 0.3) is 11.5 Å². The van der Waals surface area contributed by atoms with Gasteiger partial charge in [0.15, 0.2) is 0 Å². The number of amides is 1. The van der Waals surface area contributed by atoms with Crippen molar-refractivity contribution in [3.8, 4) is 0 Å². The van der Waals surface area contributed by atoms with Crippen molar-refractivity contribution in [2.45, 2.75) is 39.2 Å². The molecule has 138 valence electrons. The maximum absolute atomic E-state index is 13.0. The molecule has 0 radical (unpaired) electrons. The van der Waals surface area contributed by atoms with Crippen molar-refractivity contribution >= 4 is 22.6 Å². The van der Waals surface area contributed by atoms with Gasteiger partial charge in [-0.1, -0.05) is 6.07 Å². The first-order valence-corrected chi connectivity index (χ1v) is 9.39. The highest BCUT2D eigenvalue weighted by molar-refractivity contribution is 6.07. The number of rotatable bonds is 4. The summed E-state index contributed by atoms with van der Waals surface area (Å²) in [5.41, 5.74) is 3.49. The maximum Gasteiger partial charge on any atom is 0.259 e. The lowest BCUT2D eigenvalue weighted by Gasteiger charge is -2.18. The number of nitrogens with zero attached hydrogens (tertiary/aromatic N) is 3. The highest BCUT2D eigenvalue weighted by Crippen LogP contribution is 2.42. The SMILES string of the molecule is CCn1c(=O)cc(C2CC2)c2cc(C(=O)N(C)c3cccc(C)n3)ccc21. The van der Waals surface area contributed by atoms with E-state index in [0.717, 1.165) is 35.0 Å². The normalized spacial score (nSPS) is 13.7. The van der Waals surface area contributed by atoms with Crippen molar-refractivity contribution in [1.29, 1.82) is 0 Å². The van der Waals surface area contributed by atoms with Gasteiger partial charge in [0.05, 0.1) is 5.52 Å². The second-order valence-corrected chi connectivity index (χ2v) is 7.19. The van der Waals surface area contributed by atoms with Crippen LogP contribution in [0.15, 0.2) is 47.3 Å². The smallest absolute Gasteiger partial charge is 0.259 e. The number of hydrogen-bond donors (Lipinski definition) is 0. The molecular weight excluding hydrogens is 338 g/mol. The molecule has 27 heavy (non-hydrogen) atoms. The average molecular weight is 361 g/mol. The lowest BCUT2D eigenvalue weighted by atomic mass is 10.0. The Hall–Kier alpha value is -2.95. The molecule has 5 heteroatoms. The van der Waals surface area contributed by atoms with Crippen molar-refractivity contribution < 1.29 is 4.79 Å². The molecule has 5 nitrogen and oxygen atoms in total. The van der Waals surface area contributed by atoms with E-state index in [1.54, 1.807) is 28.6 Å². The first kappa shape index (κ1) is 17.5. The van der Waals surface area contributed by atoms with Crippen LogP contribution in [0.5, 0.6) is 0 Å². The zero-order valence-electron chi connectivity index (χ0n) is 15.9.